The van der Waals surface area contributed by atoms with Gasteiger partial charge in [-0.25, -0.2) is 13.2 Å². The van der Waals surface area contributed by atoms with Gasteiger partial charge in [0.25, 0.3) is 10.0 Å². The molecule has 1 unspecified atom stereocenters. The third-order valence-electron chi connectivity index (χ3n) is 5.56. The van der Waals surface area contributed by atoms with Crippen molar-refractivity contribution < 1.29 is 50.5 Å². The van der Waals surface area contributed by atoms with E-state index in [2.05, 4.69) is 10.1 Å². The van der Waals surface area contributed by atoms with Gasteiger partial charge in [-0.05, 0) is 50.6 Å². The summed E-state index contributed by atoms with van der Waals surface area (Å²) in [7, 11) is -3.01. The summed E-state index contributed by atoms with van der Waals surface area (Å²) in [5.74, 6) is -0.962. The first kappa shape index (κ1) is 29.2. The van der Waals surface area contributed by atoms with Crippen LogP contribution in [0.25, 0.3) is 0 Å². The molecule has 1 heterocycles. The number of carboxylic acid groups (broad SMARTS) is 1. The van der Waals surface area contributed by atoms with Crippen LogP contribution in [-0.4, -0.2) is 57.1 Å². The van der Waals surface area contributed by atoms with Crippen molar-refractivity contribution in [3.05, 3.63) is 41.4 Å². The number of nitrogens with zero attached hydrogens (tertiary/aromatic N) is 1. The highest BCUT2D eigenvalue weighted by Crippen LogP contribution is 2.41. The number of fused-ring (bicyclic) bond motifs is 1. The topological polar surface area (TPSA) is 131 Å². The van der Waals surface area contributed by atoms with Crippen LogP contribution in [0.3, 0.4) is 0 Å². The number of carbonyl (C=O) groups excluding carboxylic acids is 1. The minimum atomic E-state index is -4.83. The van der Waals surface area contributed by atoms with Gasteiger partial charge in [0.15, 0.2) is 0 Å². The Labute approximate surface area is 221 Å². The maximum atomic E-state index is 13.7. The molecule has 1 aliphatic heterocycles. The molecule has 0 aliphatic carbocycles. The number of benzene rings is 2. The lowest BCUT2D eigenvalue weighted by Gasteiger charge is -2.35. The van der Waals surface area contributed by atoms with Gasteiger partial charge in [0.2, 0.25) is 5.60 Å². The number of ether oxygens (including phenoxy) is 3. The first-order valence-corrected chi connectivity index (χ1v) is 12.8. The summed E-state index contributed by atoms with van der Waals surface area (Å²) in [6, 6.07) is 7.55. The number of aliphatic carboxylic acids is 1. The molecule has 38 heavy (non-hydrogen) atoms. The van der Waals surface area contributed by atoms with E-state index >= 15 is 0 Å². The standard InChI is InChI=1S/C23H24ClF3N2O8S/c1-22(2,23(25,26)27)37-21(32)28-13-4-8-18-17(10-13)29(12-14(36-18)5-9-20(30)31)38(33,34)15-6-7-16(24)19(11-15)35-3/h4,6-8,10-11,14H,5,9,12H2,1-3H3,(H,28,32)(H,30,31). The fraction of sp³-hybridized carbons (Fsp3) is 0.391. The van der Waals surface area contributed by atoms with E-state index in [0.717, 1.165) is 4.31 Å². The average Bonchev–Trinajstić information content (AvgIpc) is 2.81. The van der Waals surface area contributed by atoms with Crippen LogP contribution in [0.5, 0.6) is 11.5 Å². The molecule has 0 aromatic heterocycles. The first-order chi connectivity index (χ1) is 17.5. The third-order valence-corrected chi connectivity index (χ3v) is 7.65. The smallest absolute Gasteiger partial charge is 0.427 e. The van der Waals surface area contributed by atoms with Gasteiger partial charge in [0, 0.05) is 18.2 Å². The van der Waals surface area contributed by atoms with Crippen LogP contribution < -0.4 is 19.1 Å². The van der Waals surface area contributed by atoms with E-state index in [4.69, 9.17) is 26.2 Å². The number of methoxy groups -OCH3 is 1. The number of carboxylic acids is 1. The summed E-state index contributed by atoms with van der Waals surface area (Å²) in [5, 5.41) is 11.4. The molecule has 0 saturated heterocycles. The lowest BCUT2D eigenvalue weighted by atomic mass is 10.1. The van der Waals surface area contributed by atoms with Crippen molar-refractivity contribution in [3.63, 3.8) is 0 Å². The summed E-state index contributed by atoms with van der Waals surface area (Å²) in [5.41, 5.74) is -2.90. The lowest BCUT2D eigenvalue weighted by molar-refractivity contribution is -0.242. The predicted octanol–water partition coefficient (Wildman–Crippen LogP) is 5.06. The van der Waals surface area contributed by atoms with Crippen LogP contribution in [0.4, 0.5) is 29.3 Å². The minimum Gasteiger partial charge on any atom is -0.495 e. The second kappa shape index (κ2) is 10.8. The van der Waals surface area contributed by atoms with Crippen molar-refractivity contribution in [2.75, 3.05) is 23.3 Å². The zero-order chi connectivity index (χ0) is 28.5. The van der Waals surface area contributed by atoms with Crippen molar-refractivity contribution in [3.8, 4) is 11.5 Å². The molecular formula is C23H24ClF3N2O8S. The van der Waals surface area contributed by atoms with Gasteiger partial charge in [-0.2, -0.15) is 13.2 Å². The molecule has 2 aromatic carbocycles. The van der Waals surface area contributed by atoms with Gasteiger partial charge >= 0.3 is 18.2 Å². The first-order valence-electron chi connectivity index (χ1n) is 11.0. The molecule has 0 spiro atoms. The Morgan fingerprint density at radius 1 is 1.21 bits per heavy atom. The van der Waals surface area contributed by atoms with Crippen molar-refractivity contribution in [2.45, 2.75) is 49.5 Å². The van der Waals surface area contributed by atoms with Crippen molar-refractivity contribution >= 4 is 45.1 Å². The summed E-state index contributed by atoms with van der Waals surface area (Å²) >= 11 is 6.02. The van der Waals surface area contributed by atoms with Crippen LogP contribution in [-0.2, 0) is 19.6 Å². The highest BCUT2D eigenvalue weighted by molar-refractivity contribution is 7.92. The SMILES string of the molecule is COc1cc(S(=O)(=O)N2CC(CCC(=O)O)Oc3ccc(NC(=O)OC(C)(C)C(F)(F)F)cc32)ccc1Cl. The minimum absolute atomic E-state index is 0.0103. The summed E-state index contributed by atoms with van der Waals surface area (Å²) in [6.07, 6.45) is -7.38. The molecule has 3 rings (SSSR count). The highest BCUT2D eigenvalue weighted by atomic mass is 35.5. The van der Waals surface area contributed by atoms with Crippen molar-refractivity contribution in [2.24, 2.45) is 0 Å². The summed E-state index contributed by atoms with van der Waals surface area (Å²) < 4.78 is 82.9. The van der Waals surface area contributed by atoms with Gasteiger partial charge in [-0.15, -0.1) is 0 Å². The Hall–Kier alpha value is -3.39. The molecule has 1 atom stereocenters. The predicted molar refractivity (Wildman–Crippen MR) is 131 cm³/mol. The van der Waals surface area contributed by atoms with Crippen LogP contribution in [0.15, 0.2) is 41.3 Å². The molecule has 0 saturated carbocycles. The molecule has 0 fully saturated rings. The zero-order valence-electron chi connectivity index (χ0n) is 20.3. The molecule has 0 radical (unpaired) electrons. The van der Waals surface area contributed by atoms with E-state index < -0.39 is 40.0 Å². The molecular weight excluding hydrogens is 557 g/mol. The fourth-order valence-corrected chi connectivity index (χ4v) is 5.12. The number of sulfonamides is 1. The van der Waals surface area contributed by atoms with E-state index in [-0.39, 0.29) is 52.2 Å². The number of rotatable bonds is 8. The molecule has 1 aliphatic rings. The maximum absolute atomic E-state index is 13.7. The molecule has 2 aromatic rings. The zero-order valence-corrected chi connectivity index (χ0v) is 21.9. The molecule has 2 N–H and O–H groups in total. The number of alkyl halides is 3. The fourth-order valence-electron chi connectivity index (χ4n) is 3.41. The number of nitrogens with one attached hydrogen (secondary N) is 1. The quantitative estimate of drug-likeness (QED) is 0.443. The monoisotopic (exact) mass is 580 g/mol. The average molecular weight is 581 g/mol. The van der Waals surface area contributed by atoms with E-state index in [9.17, 15) is 31.2 Å². The molecule has 0 bridgehead atoms. The van der Waals surface area contributed by atoms with E-state index in [1.807, 2.05) is 0 Å². The van der Waals surface area contributed by atoms with Gasteiger partial charge in [0.1, 0.15) is 17.6 Å². The summed E-state index contributed by atoms with van der Waals surface area (Å²) in [6.45, 7) is 1.07. The Kier molecular flexibility index (Phi) is 8.27. The van der Waals surface area contributed by atoms with Crippen molar-refractivity contribution in [1.82, 2.24) is 0 Å². The number of anilines is 2. The molecule has 15 heteroatoms. The van der Waals surface area contributed by atoms with E-state index in [0.29, 0.717) is 13.8 Å². The lowest BCUT2D eigenvalue weighted by Crippen LogP contribution is -2.44. The number of carbonyl (C=O) groups is 2. The van der Waals surface area contributed by atoms with Gasteiger partial charge < -0.3 is 19.3 Å². The Bertz CT molecular complexity index is 1330. The largest absolute Gasteiger partial charge is 0.495 e. The third kappa shape index (κ3) is 6.35. The number of hydrogen-bond acceptors (Lipinski definition) is 7. The summed E-state index contributed by atoms with van der Waals surface area (Å²) in [4.78, 5) is 23.0. The van der Waals surface area contributed by atoms with Crippen LogP contribution >= 0.6 is 11.6 Å². The van der Waals surface area contributed by atoms with Crippen molar-refractivity contribution in [1.29, 1.82) is 0 Å². The van der Waals surface area contributed by atoms with Crippen LogP contribution in [0, 0.1) is 0 Å². The second-order valence-corrected chi connectivity index (χ2v) is 11.0. The van der Waals surface area contributed by atoms with Gasteiger partial charge in [0.05, 0.1) is 29.3 Å². The molecule has 1 amide bonds. The van der Waals surface area contributed by atoms with Gasteiger partial charge in [-0.3, -0.25) is 14.4 Å². The Balaban J connectivity index is 1.99. The van der Waals surface area contributed by atoms with Crippen LogP contribution in [0.2, 0.25) is 5.02 Å². The van der Waals surface area contributed by atoms with E-state index in [1.165, 1.54) is 43.5 Å². The number of halogens is 4. The molecule has 10 nitrogen and oxygen atoms in total. The molecule has 208 valence electrons. The second-order valence-electron chi connectivity index (χ2n) is 8.71. The van der Waals surface area contributed by atoms with Crippen LogP contribution in [0.1, 0.15) is 26.7 Å². The Morgan fingerprint density at radius 2 is 1.89 bits per heavy atom. The van der Waals surface area contributed by atoms with E-state index in [1.54, 1.807) is 0 Å². The van der Waals surface area contributed by atoms with Gasteiger partial charge in [-0.1, -0.05) is 11.6 Å². The number of hydrogen-bond donors (Lipinski definition) is 2. The maximum Gasteiger partial charge on any atom is 0.427 e. The normalized spacial score (nSPS) is 15.8. The Morgan fingerprint density at radius 3 is 2.50 bits per heavy atom. The number of amides is 1. The highest BCUT2D eigenvalue weighted by Gasteiger charge is 2.51.